The zero-order chi connectivity index (χ0) is 19.5. The van der Waals surface area contributed by atoms with E-state index in [0.717, 1.165) is 10.7 Å². The topological polar surface area (TPSA) is 109 Å². The van der Waals surface area contributed by atoms with Crippen LogP contribution in [0.3, 0.4) is 0 Å². The molecule has 2 aliphatic rings. The average Bonchev–Trinajstić information content (AvgIpc) is 3.22. The SMILES string of the molecule is C[C@@H](O)[C@H]1C(=O)N2C(C(=O)[O-])=C(C[n+]3cc4sccn4c3CCO)[C@H](C)[C@H]12. The third-order valence-corrected chi connectivity index (χ3v) is 6.50. The Labute approximate surface area is 159 Å². The third-order valence-electron chi connectivity index (χ3n) is 5.70. The minimum Gasteiger partial charge on any atom is -0.543 e. The summed E-state index contributed by atoms with van der Waals surface area (Å²) in [5, 5.41) is 33.1. The van der Waals surface area contributed by atoms with Crippen molar-refractivity contribution in [2.24, 2.45) is 11.8 Å². The fourth-order valence-electron chi connectivity index (χ4n) is 4.47. The Morgan fingerprint density at radius 3 is 2.85 bits per heavy atom. The Balaban J connectivity index is 1.75. The number of β-lactam (4-membered cyclic amide) rings is 1. The summed E-state index contributed by atoms with van der Waals surface area (Å²) in [6.45, 7) is 3.71. The van der Waals surface area contributed by atoms with Crippen LogP contribution in [0.4, 0.5) is 0 Å². The van der Waals surface area contributed by atoms with E-state index in [4.69, 9.17) is 0 Å². The zero-order valence-corrected chi connectivity index (χ0v) is 15.8. The summed E-state index contributed by atoms with van der Waals surface area (Å²) in [6.07, 6.45) is 3.43. The lowest BCUT2D eigenvalue weighted by molar-refractivity contribution is -0.695. The summed E-state index contributed by atoms with van der Waals surface area (Å²) < 4.78 is 3.89. The number of rotatable bonds is 6. The number of fused-ring (bicyclic) bond motifs is 2. The Bertz CT molecular complexity index is 960. The van der Waals surface area contributed by atoms with E-state index >= 15 is 0 Å². The Morgan fingerprint density at radius 1 is 1.48 bits per heavy atom. The molecule has 1 saturated heterocycles. The number of carbonyl (C=O) groups excluding carboxylic acids is 2. The Kier molecular flexibility index (Phi) is 4.32. The Hall–Kier alpha value is -2.23. The maximum absolute atomic E-state index is 12.4. The van der Waals surface area contributed by atoms with E-state index in [-0.39, 0.29) is 30.2 Å². The molecule has 0 spiro atoms. The number of carbonyl (C=O) groups is 2. The van der Waals surface area contributed by atoms with Gasteiger partial charge in [0.25, 0.3) is 5.82 Å². The van der Waals surface area contributed by atoms with Crippen molar-refractivity contribution in [2.75, 3.05) is 6.61 Å². The molecule has 9 heteroatoms. The molecule has 144 valence electrons. The van der Waals surface area contributed by atoms with Gasteiger partial charge in [0.1, 0.15) is 18.9 Å². The minimum absolute atomic E-state index is 0.0265. The van der Waals surface area contributed by atoms with Gasteiger partial charge in [-0.1, -0.05) is 18.3 Å². The maximum atomic E-state index is 12.4. The number of imidazole rings is 1. The lowest BCUT2D eigenvalue weighted by Gasteiger charge is -2.47. The second-order valence-corrected chi connectivity index (χ2v) is 8.10. The molecule has 0 radical (unpaired) electrons. The molecule has 0 saturated carbocycles. The van der Waals surface area contributed by atoms with E-state index in [0.29, 0.717) is 18.5 Å². The first-order chi connectivity index (χ1) is 12.9. The highest BCUT2D eigenvalue weighted by Crippen LogP contribution is 2.46. The highest BCUT2D eigenvalue weighted by molar-refractivity contribution is 7.15. The number of aliphatic hydroxyl groups is 2. The van der Waals surface area contributed by atoms with Gasteiger partial charge in [0.15, 0.2) is 0 Å². The molecular formula is C18H21N3O5S. The zero-order valence-electron chi connectivity index (χ0n) is 15.0. The molecule has 4 atom stereocenters. The maximum Gasteiger partial charge on any atom is 0.264 e. The predicted octanol–water partition coefficient (Wildman–Crippen LogP) is -1.32. The molecular weight excluding hydrogens is 370 g/mol. The standard InChI is InChI=1S/C18H21N3O5S/c1-9-11(7-19-8-13-20(4-6-27-13)12(19)3-5-22)16(18(25)26)21-15(9)14(10(2)23)17(21)24/h4,6,8-10,14-15,22-23H,3,5,7H2,1-2H3/t9-,10+,14+,15+/m0/s1. The summed E-state index contributed by atoms with van der Waals surface area (Å²) in [5.74, 6) is -1.68. The van der Waals surface area contributed by atoms with E-state index in [1.807, 2.05) is 33.7 Å². The van der Waals surface area contributed by atoms with Gasteiger partial charge in [0, 0.05) is 16.9 Å². The van der Waals surface area contributed by atoms with Crippen LogP contribution in [0.2, 0.25) is 0 Å². The van der Waals surface area contributed by atoms with E-state index < -0.39 is 18.0 Å². The van der Waals surface area contributed by atoms with Gasteiger partial charge in [0.05, 0.1) is 42.8 Å². The monoisotopic (exact) mass is 391 g/mol. The third kappa shape index (κ3) is 2.53. The van der Waals surface area contributed by atoms with E-state index in [1.54, 1.807) is 18.3 Å². The fourth-order valence-corrected chi connectivity index (χ4v) is 5.26. The molecule has 2 aromatic rings. The number of hydrogen-bond acceptors (Lipinski definition) is 6. The second-order valence-electron chi connectivity index (χ2n) is 7.17. The Morgan fingerprint density at radius 2 is 2.22 bits per heavy atom. The lowest BCUT2D eigenvalue weighted by Crippen LogP contribution is -2.64. The quantitative estimate of drug-likeness (QED) is 0.469. The van der Waals surface area contributed by atoms with Gasteiger partial charge in [-0.15, -0.1) is 0 Å². The number of amides is 1. The lowest BCUT2D eigenvalue weighted by atomic mass is 9.78. The van der Waals surface area contributed by atoms with Gasteiger partial charge in [-0.25, -0.2) is 4.57 Å². The van der Waals surface area contributed by atoms with Gasteiger partial charge in [-0.2, -0.15) is 4.40 Å². The average molecular weight is 391 g/mol. The van der Waals surface area contributed by atoms with Crippen molar-refractivity contribution in [1.29, 1.82) is 0 Å². The molecule has 0 unspecified atom stereocenters. The number of carboxylic acids is 1. The number of aromatic nitrogens is 2. The van der Waals surface area contributed by atoms with Crippen molar-refractivity contribution in [3.63, 3.8) is 0 Å². The first-order valence-corrected chi connectivity index (χ1v) is 9.78. The van der Waals surface area contributed by atoms with Crippen LogP contribution in [0.1, 0.15) is 19.7 Å². The van der Waals surface area contributed by atoms with Crippen LogP contribution in [0.25, 0.3) is 4.83 Å². The van der Waals surface area contributed by atoms with Crippen LogP contribution >= 0.6 is 11.3 Å². The number of carboxylic acid groups (broad SMARTS) is 1. The molecule has 4 heterocycles. The molecule has 1 amide bonds. The molecule has 2 aromatic heterocycles. The van der Waals surface area contributed by atoms with Crippen LogP contribution in [-0.4, -0.2) is 50.1 Å². The fraction of sp³-hybridized carbons (Fsp3) is 0.500. The van der Waals surface area contributed by atoms with Crippen molar-refractivity contribution >= 4 is 28.0 Å². The van der Waals surface area contributed by atoms with Crippen LogP contribution in [0.5, 0.6) is 0 Å². The van der Waals surface area contributed by atoms with Crippen LogP contribution < -0.4 is 9.67 Å². The van der Waals surface area contributed by atoms with Crippen molar-refractivity contribution < 1.29 is 29.5 Å². The highest BCUT2D eigenvalue weighted by Gasteiger charge is 2.58. The smallest absolute Gasteiger partial charge is 0.264 e. The largest absolute Gasteiger partial charge is 0.543 e. The first kappa shape index (κ1) is 18.1. The second kappa shape index (κ2) is 6.43. The molecule has 1 fully saturated rings. The number of nitrogens with zero attached hydrogens (tertiary/aromatic N) is 3. The summed E-state index contributed by atoms with van der Waals surface area (Å²) in [6, 6.07) is -0.356. The van der Waals surface area contributed by atoms with E-state index in [9.17, 15) is 24.9 Å². The van der Waals surface area contributed by atoms with Gasteiger partial charge in [-0.3, -0.25) is 4.79 Å². The van der Waals surface area contributed by atoms with Crippen LogP contribution in [0.15, 0.2) is 29.0 Å². The molecule has 4 rings (SSSR count). The van der Waals surface area contributed by atoms with Gasteiger partial charge >= 0.3 is 0 Å². The molecule has 2 aliphatic heterocycles. The van der Waals surface area contributed by atoms with E-state index in [2.05, 4.69) is 0 Å². The first-order valence-electron chi connectivity index (χ1n) is 8.90. The number of hydrogen-bond donors (Lipinski definition) is 2. The molecule has 0 aliphatic carbocycles. The summed E-state index contributed by atoms with van der Waals surface area (Å²) >= 11 is 1.55. The molecule has 8 nitrogen and oxygen atoms in total. The predicted molar refractivity (Wildman–Crippen MR) is 93.3 cm³/mol. The normalized spacial score (nSPS) is 25.9. The molecule has 27 heavy (non-hydrogen) atoms. The van der Waals surface area contributed by atoms with Crippen molar-refractivity contribution in [2.45, 2.75) is 39.0 Å². The minimum atomic E-state index is -1.37. The molecule has 0 bridgehead atoms. The van der Waals surface area contributed by atoms with Gasteiger partial charge < -0.3 is 25.0 Å². The van der Waals surface area contributed by atoms with Crippen LogP contribution in [-0.2, 0) is 22.6 Å². The molecule has 2 N–H and O–H groups in total. The van der Waals surface area contributed by atoms with E-state index in [1.165, 1.54) is 4.90 Å². The van der Waals surface area contributed by atoms with Crippen LogP contribution in [0, 0.1) is 11.8 Å². The highest BCUT2D eigenvalue weighted by atomic mass is 32.1. The van der Waals surface area contributed by atoms with Crippen molar-refractivity contribution in [3.8, 4) is 0 Å². The molecule has 0 aromatic carbocycles. The van der Waals surface area contributed by atoms with Crippen molar-refractivity contribution in [3.05, 3.63) is 34.9 Å². The summed E-state index contributed by atoms with van der Waals surface area (Å²) in [5.41, 5.74) is 0.533. The summed E-state index contributed by atoms with van der Waals surface area (Å²) in [7, 11) is 0. The number of aliphatic hydroxyl groups excluding tert-OH is 2. The number of aliphatic carboxylic acids is 1. The van der Waals surface area contributed by atoms with Crippen molar-refractivity contribution in [1.82, 2.24) is 9.30 Å². The summed E-state index contributed by atoms with van der Waals surface area (Å²) in [4.78, 5) is 26.5. The van der Waals surface area contributed by atoms with Gasteiger partial charge in [-0.05, 0) is 6.92 Å². The number of thiazole rings is 1. The van der Waals surface area contributed by atoms with Gasteiger partial charge in [0.2, 0.25) is 10.7 Å².